The molecule has 0 radical (unpaired) electrons. The number of carbonyl (C=O) groups excluding carboxylic acids is 1. The number of phenols is 1. The lowest BCUT2D eigenvalue weighted by Crippen LogP contribution is -2.20. The Morgan fingerprint density at radius 3 is 2.03 bits per heavy atom. The normalized spacial score (nSPS) is 11.8. The first-order valence-electron chi connectivity index (χ1n) is 9.52. The molecule has 2 N–H and O–H groups in total. The van der Waals surface area contributed by atoms with Gasteiger partial charge in [0.05, 0.1) is 17.7 Å². The fourth-order valence-corrected chi connectivity index (χ4v) is 3.14. The van der Waals surface area contributed by atoms with E-state index >= 15 is 0 Å². The first-order valence-corrected chi connectivity index (χ1v) is 9.52. The van der Waals surface area contributed by atoms with E-state index in [0.29, 0.717) is 11.1 Å². The number of aromatic hydroxyl groups is 1. The highest BCUT2D eigenvalue weighted by Crippen LogP contribution is 2.37. The summed E-state index contributed by atoms with van der Waals surface area (Å²) < 4.78 is 81.5. The number of rotatable bonds is 6. The lowest BCUT2D eigenvalue weighted by atomic mass is 9.99. The lowest BCUT2D eigenvalue weighted by Gasteiger charge is -2.18. The molecule has 0 fully saturated rings. The molecule has 0 heterocycles. The molecule has 0 bridgehead atoms. The molecule has 1 amide bonds. The average Bonchev–Trinajstić information content (AvgIpc) is 2.70. The molecule has 3 aromatic carbocycles. The summed E-state index contributed by atoms with van der Waals surface area (Å²) in [6.45, 7) is 0. The Morgan fingerprint density at radius 2 is 1.45 bits per heavy atom. The molecular formula is C23H17F6NO3. The van der Waals surface area contributed by atoms with E-state index in [4.69, 9.17) is 0 Å². The van der Waals surface area contributed by atoms with Gasteiger partial charge in [-0.3, -0.25) is 4.79 Å². The van der Waals surface area contributed by atoms with Gasteiger partial charge in [-0.25, -0.2) is 0 Å². The molecule has 0 aliphatic carbocycles. The molecule has 3 rings (SSSR count). The number of phenolic OH excluding ortho intramolecular Hbond substituents is 1. The minimum absolute atomic E-state index is 0.0180. The van der Waals surface area contributed by atoms with Crippen LogP contribution in [0.3, 0.4) is 0 Å². The number of amides is 1. The molecule has 3 aromatic rings. The molecule has 0 spiro atoms. The fourth-order valence-electron chi connectivity index (χ4n) is 3.14. The number of alkyl halides is 6. The Kier molecular flexibility index (Phi) is 6.85. The van der Waals surface area contributed by atoms with Crippen LogP contribution < -0.4 is 10.1 Å². The van der Waals surface area contributed by atoms with Crippen molar-refractivity contribution in [2.45, 2.75) is 25.4 Å². The molecule has 0 atom stereocenters. The number of hydrogen-bond acceptors (Lipinski definition) is 3. The van der Waals surface area contributed by atoms with Gasteiger partial charge in [0.1, 0.15) is 11.5 Å². The molecule has 0 saturated carbocycles. The van der Waals surface area contributed by atoms with E-state index in [2.05, 4.69) is 10.1 Å². The predicted molar refractivity (Wildman–Crippen MR) is 108 cm³/mol. The van der Waals surface area contributed by atoms with Crippen molar-refractivity contribution in [3.05, 3.63) is 89.0 Å². The predicted octanol–water partition coefficient (Wildman–Crippen LogP) is 6.08. The van der Waals surface area contributed by atoms with Crippen LogP contribution >= 0.6 is 0 Å². The second-order valence-electron chi connectivity index (χ2n) is 7.10. The summed E-state index contributed by atoms with van der Waals surface area (Å²) in [5.74, 6) is -1.18. The van der Waals surface area contributed by atoms with Crippen molar-refractivity contribution in [3.63, 3.8) is 0 Å². The number of anilines is 1. The van der Waals surface area contributed by atoms with Gasteiger partial charge in [-0.15, -0.1) is 13.2 Å². The van der Waals surface area contributed by atoms with Crippen molar-refractivity contribution in [2.24, 2.45) is 0 Å². The topological polar surface area (TPSA) is 58.6 Å². The van der Waals surface area contributed by atoms with Gasteiger partial charge in [0, 0.05) is 0 Å². The van der Waals surface area contributed by atoms with Crippen LogP contribution in [0.2, 0.25) is 0 Å². The standard InChI is InChI=1S/C23H17F6NO3/c24-22(25,26)19-3-1-2-16(12-14-6-10-18(11-7-14)33-23(27,28)29)21(19)30-20(32)13-15-4-8-17(31)9-5-15/h1-11,31H,12-13H2,(H,30,32). The van der Waals surface area contributed by atoms with E-state index < -0.39 is 35.4 Å². The second kappa shape index (κ2) is 9.43. The highest BCUT2D eigenvalue weighted by Gasteiger charge is 2.35. The maximum absolute atomic E-state index is 13.6. The summed E-state index contributed by atoms with van der Waals surface area (Å²) in [4.78, 5) is 12.5. The number of hydrogen-bond donors (Lipinski definition) is 2. The first-order chi connectivity index (χ1) is 15.4. The van der Waals surface area contributed by atoms with Crippen molar-refractivity contribution >= 4 is 11.6 Å². The number of ether oxygens (including phenoxy) is 1. The van der Waals surface area contributed by atoms with Crippen LogP contribution in [0.5, 0.6) is 11.5 Å². The van der Waals surface area contributed by atoms with Crippen molar-refractivity contribution in [1.29, 1.82) is 0 Å². The smallest absolute Gasteiger partial charge is 0.508 e. The molecule has 0 aliphatic heterocycles. The van der Waals surface area contributed by atoms with E-state index in [1.807, 2.05) is 0 Å². The van der Waals surface area contributed by atoms with Gasteiger partial charge in [-0.1, -0.05) is 36.4 Å². The zero-order valence-electron chi connectivity index (χ0n) is 16.8. The van der Waals surface area contributed by atoms with Gasteiger partial charge in [0.25, 0.3) is 0 Å². The summed E-state index contributed by atoms with van der Waals surface area (Å²) in [5.41, 5.74) is -0.441. The Labute approximate surface area is 184 Å². The van der Waals surface area contributed by atoms with E-state index in [1.165, 1.54) is 48.5 Å². The summed E-state index contributed by atoms with van der Waals surface area (Å²) >= 11 is 0. The molecule has 174 valence electrons. The zero-order chi connectivity index (χ0) is 24.2. The fraction of sp³-hybridized carbons (Fsp3) is 0.174. The SMILES string of the molecule is O=C(Cc1ccc(O)cc1)Nc1c(Cc2ccc(OC(F)(F)F)cc2)cccc1C(F)(F)F. The third kappa shape index (κ3) is 6.90. The molecule has 0 unspecified atom stereocenters. The Morgan fingerprint density at radius 1 is 0.848 bits per heavy atom. The minimum atomic E-state index is -4.86. The van der Waals surface area contributed by atoms with Crippen LogP contribution in [0.4, 0.5) is 32.0 Å². The van der Waals surface area contributed by atoms with Gasteiger partial charge in [-0.05, 0) is 53.4 Å². The maximum Gasteiger partial charge on any atom is 0.573 e. The maximum atomic E-state index is 13.6. The highest BCUT2D eigenvalue weighted by atomic mass is 19.4. The molecule has 10 heteroatoms. The molecule has 33 heavy (non-hydrogen) atoms. The monoisotopic (exact) mass is 469 g/mol. The van der Waals surface area contributed by atoms with Crippen LogP contribution in [0.15, 0.2) is 66.7 Å². The third-order valence-corrected chi connectivity index (χ3v) is 4.57. The Bertz CT molecular complexity index is 1110. The molecular weight excluding hydrogens is 452 g/mol. The summed E-state index contributed by atoms with van der Waals surface area (Å²) in [6, 6.07) is 13.8. The number of nitrogens with one attached hydrogen (secondary N) is 1. The van der Waals surface area contributed by atoms with Gasteiger partial charge in [0.15, 0.2) is 0 Å². The summed E-state index contributed by atoms with van der Waals surface area (Å²) in [6.07, 6.45) is -9.92. The Hall–Kier alpha value is -3.69. The van der Waals surface area contributed by atoms with Crippen LogP contribution in [0.1, 0.15) is 22.3 Å². The van der Waals surface area contributed by atoms with E-state index in [9.17, 15) is 36.2 Å². The van der Waals surface area contributed by atoms with E-state index in [0.717, 1.165) is 18.2 Å². The summed E-state index contributed by atoms with van der Waals surface area (Å²) in [5, 5.41) is 11.6. The van der Waals surface area contributed by atoms with Crippen molar-refractivity contribution in [1.82, 2.24) is 0 Å². The number of para-hydroxylation sites is 1. The van der Waals surface area contributed by atoms with Crippen LogP contribution in [0, 0.1) is 0 Å². The van der Waals surface area contributed by atoms with Gasteiger partial charge in [-0.2, -0.15) is 13.2 Å². The van der Waals surface area contributed by atoms with Gasteiger partial charge in [0.2, 0.25) is 5.91 Å². The summed E-state index contributed by atoms with van der Waals surface area (Å²) in [7, 11) is 0. The zero-order valence-corrected chi connectivity index (χ0v) is 16.8. The molecule has 0 aromatic heterocycles. The molecule has 0 saturated heterocycles. The lowest BCUT2D eigenvalue weighted by molar-refractivity contribution is -0.274. The average molecular weight is 469 g/mol. The van der Waals surface area contributed by atoms with E-state index in [-0.39, 0.29) is 24.2 Å². The number of halogens is 6. The van der Waals surface area contributed by atoms with Crippen LogP contribution in [0.25, 0.3) is 0 Å². The number of benzene rings is 3. The van der Waals surface area contributed by atoms with E-state index in [1.54, 1.807) is 0 Å². The van der Waals surface area contributed by atoms with Gasteiger partial charge >= 0.3 is 12.5 Å². The number of carbonyl (C=O) groups is 1. The second-order valence-corrected chi connectivity index (χ2v) is 7.10. The molecule has 0 aliphatic rings. The largest absolute Gasteiger partial charge is 0.573 e. The van der Waals surface area contributed by atoms with Crippen molar-refractivity contribution in [2.75, 3.05) is 5.32 Å². The van der Waals surface area contributed by atoms with Crippen molar-refractivity contribution < 1.29 is 41.0 Å². The van der Waals surface area contributed by atoms with Crippen molar-refractivity contribution in [3.8, 4) is 11.5 Å². The van der Waals surface area contributed by atoms with Gasteiger partial charge < -0.3 is 15.2 Å². The quantitative estimate of drug-likeness (QED) is 0.430. The first kappa shape index (κ1) is 24.0. The Balaban J connectivity index is 1.85. The van der Waals surface area contributed by atoms with Crippen LogP contribution in [-0.2, 0) is 23.8 Å². The highest BCUT2D eigenvalue weighted by molar-refractivity contribution is 5.94. The molecule has 4 nitrogen and oxygen atoms in total. The van der Waals surface area contributed by atoms with Crippen LogP contribution in [-0.4, -0.2) is 17.4 Å². The third-order valence-electron chi connectivity index (χ3n) is 4.57. The minimum Gasteiger partial charge on any atom is -0.508 e.